The predicted octanol–water partition coefficient (Wildman–Crippen LogP) is 10.0. The maximum atomic E-state index is 14.6. The summed E-state index contributed by atoms with van der Waals surface area (Å²) in [7, 11) is 0. The van der Waals surface area contributed by atoms with Gasteiger partial charge in [-0.3, -0.25) is 4.79 Å². The maximum absolute atomic E-state index is 14.6. The van der Waals surface area contributed by atoms with Crippen molar-refractivity contribution in [3.63, 3.8) is 0 Å². The van der Waals surface area contributed by atoms with Crippen molar-refractivity contribution >= 4 is 17.4 Å². The molecule has 4 saturated carbocycles. The molecule has 1 aromatic rings. The zero-order valence-corrected chi connectivity index (χ0v) is 29.6. The Morgan fingerprint density at radius 3 is 2.17 bits per heavy atom. The Morgan fingerprint density at radius 2 is 1.52 bits per heavy atom. The lowest BCUT2D eigenvalue weighted by atomic mass is 9.32. The molecule has 0 radical (unpaired) electrons. The summed E-state index contributed by atoms with van der Waals surface area (Å²) in [5.41, 5.74) is 4.75. The molecule has 0 spiro atoms. The summed E-state index contributed by atoms with van der Waals surface area (Å²) >= 11 is 0. The molecule has 9 unspecified atom stereocenters. The van der Waals surface area contributed by atoms with Gasteiger partial charge in [-0.15, -0.1) is 0 Å². The Morgan fingerprint density at radius 1 is 0.826 bits per heavy atom. The number of rotatable bonds is 4. The SMILES string of the molecule is C=C(C)C1CCC2(C(=O)N3CCCCC3)CCC3(C)C(CCC4C5(C)CC=C(c6ccc(C(=O)O)cc6)C(C)(C)C5CCC43C)C12. The normalized spacial score (nSPS) is 43.0. The number of carbonyl (C=O) groups is 2. The van der Waals surface area contributed by atoms with Gasteiger partial charge in [0.15, 0.2) is 0 Å². The first-order valence-corrected chi connectivity index (χ1v) is 18.7. The van der Waals surface area contributed by atoms with E-state index in [-0.39, 0.29) is 27.1 Å². The number of amides is 1. The predicted molar refractivity (Wildman–Crippen MR) is 186 cm³/mol. The molecule has 9 atom stereocenters. The number of carbonyl (C=O) groups excluding carboxylic acids is 1. The van der Waals surface area contributed by atoms with E-state index in [9.17, 15) is 14.7 Å². The maximum Gasteiger partial charge on any atom is 0.335 e. The second-order valence-electron chi connectivity index (χ2n) is 18.1. The number of piperidine rings is 1. The van der Waals surface area contributed by atoms with Crippen molar-refractivity contribution in [2.24, 2.45) is 56.7 Å². The van der Waals surface area contributed by atoms with Crippen molar-refractivity contribution in [3.05, 3.63) is 53.6 Å². The molecule has 7 rings (SSSR count). The minimum atomic E-state index is -0.866. The van der Waals surface area contributed by atoms with Crippen LogP contribution < -0.4 is 0 Å². The number of benzene rings is 1. The quantitative estimate of drug-likeness (QED) is 0.339. The Bertz CT molecular complexity index is 1450. The zero-order valence-electron chi connectivity index (χ0n) is 29.6. The Balaban J connectivity index is 1.23. The third kappa shape index (κ3) is 4.29. The topological polar surface area (TPSA) is 57.6 Å². The minimum Gasteiger partial charge on any atom is -0.478 e. The van der Waals surface area contributed by atoms with Crippen LogP contribution in [0.25, 0.3) is 5.57 Å². The summed E-state index contributed by atoms with van der Waals surface area (Å²) in [6.07, 6.45) is 16.7. The molecule has 46 heavy (non-hydrogen) atoms. The van der Waals surface area contributed by atoms with Gasteiger partial charge in [-0.1, -0.05) is 65.0 Å². The highest BCUT2D eigenvalue weighted by Gasteiger charge is 2.71. The van der Waals surface area contributed by atoms with Crippen molar-refractivity contribution < 1.29 is 14.7 Å². The molecular formula is C42H59NO3. The van der Waals surface area contributed by atoms with E-state index in [4.69, 9.17) is 0 Å². The highest BCUT2D eigenvalue weighted by atomic mass is 16.4. The summed E-state index contributed by atoms with van der Waals surface area (Å²) in [6.45, 7) is 21.6. The van der Waals surface area contributed by atoms with Crippen LogP contribution in [-0.2, 0) is 4.79 Å². The van der Waals surface area contributed by atoms with E-state index in [1.54, 1.807) is 12.1 Å². The summed E-state index contributed by atoms with van der Waals surface area (Å²) in [6, 6.07) is 7.58. The van der Waals surface area contributed by atoms with Gasteiger partial charge in [-0.05, 0) is 158 Å². The van der Waals surface area contributed by atoms with Gasteiger partial charge in [-0.2, -0.15) is 0 Å². The average Bonchev–Trinajstić information content (AvgIpc) is 3.42. The van der Waals surface area contributed by atoms with Gasteiger partial charge in [0.05, 0.1) is 11.0 Å². The molecule has 0 bridgehead atoms. The van der Waals surface area contributed by atoms with Crippen LogP contribution in [0.1, 0.15) is 135 Å². The number of hydrogen-bond acceptors (Lipinski definition) is 2. The molecule has 1 aromatic carbocycles. The van der Waals surface area contributed by atoms with Crippen LogP contribution in [0.3, 0.4) is 0 Å². The van der Waals surface area contributed by atoms with Gasteiger partial charge in [0.2, 0.25) is 5.91 Å². The molecule has 1 heterocycles. The first kappa shape index (κ1) is 32.2. The fraction of sp³-hybridized carbons (Fsp3) is 0.714. The van der Waals surface area contributed by atoms with Crippen LogP contribution in [0.15, 0.2) is 42.5 Å². The van der Waals surface area contributed by atoms with Crippen LogP contribution in [0, 0.1) is 56.7 Å². The number of likely N-dealkylation sites (tertiary alicyclic amines) is 1. The van der Waals surface area contributed by atoms with Gasteiger partial charge in [0, 0.05) is 13.1 Å². The molecule has 1 amide bonds. The summed E-state index contributed by atoms with van der Waals surface area (Å²) in [4.78, 5) is 28.5. The number of fused-ring (bicyclic) bond motifs is 7. The van der Waals surface area contributed by atoms with Crippen molar-refractivity contribution in [1.82, 2.24) is 4.90 Å². The lowest BCUT2D eigenvalue weighted by molar-refractivity contribution is -0.226. The van der Waals surface area contributed by atoms with Crippen LogP contribution in [0.5, 0.6) is 0 Å². The van der Waals surface area contributed by atoms with Crippen LogP contribution in [-0.4, -0.2) is 35.0 Å². The van der Waals surface area contributed by atoms with E-state index < -0.39 is 5.97 Å². The van der Waals surface area contributed by atoms with E-state index in [0.717, 1.165) is 51.6 Å². The molecule has 1 N–H and O–H groups in total. The molecule has 250 valence electrons. The van der Waals surface area contributed by atoms with Crippen molar-refractivity contribution in [3.8, 4) is 0 Å². The molecule has 1 aliphatic heterocycles. The fourth-order valence-corrected chi connectivity index (χ4v) is 13.8. The van der Waals surface area contributed by atoms with Crippen molar-refractivity contribution in [2.45, 2.75) is 119 Å². The summed E-state index contributed by atoms with van der Waals surface area (Å²) in [5, 5.41) is 9.47. The number of carboxylic acid groups (broad SMARTS) is 1. The van der Waals surface area contributed by atoms with Crippen LogP contribution in [0.2, 0.25) is 0 Å². The average molecular weight is 626 g/mol. The molecular weight excluding hydrogens is 566 g/mol. The Hall–Kier alpha value is -2.36. The zero-order chi connectivity index (χ0) is 32.9. The van der Waals surface area contributed by atoms with Crippen molar-refractivity contribution in [1.29, 1.82) is 0 Å². The Kier molecular flexibility index (Phi) is 7.58. The van der Waals surface area contributed by atoms with E-state index in [0.29, 0.717) is 41.1 Å². The molecule has 6 aliphatic rings. The first-order chi connectivity index (χ1) is 21.7. The number of aromatic carboxylic acids is 1. The largest absolute Gasteiger partial charge is 0.478 e. The number of carboxylic acids is 1. The smallest absolute Gasteiger partial charge is 0.335 e. The van der Waals surface area contributed by atoms with E-state index in [1.807, 2.05) is 12.1 Å². The van der Waals surface area contributed by atoms with Crippen molar-refractivity contribution in [2.75, 3.05) is 13.1 Å². The van der Waals surface area contributed by atoms with Gasteiger partial charge in [0.25, 0.3) is 0 Å². The standard InChI is InChI=1S/C42H59NO3/c1-27(2)30-17-22-42(37(46)43-25-9-8-10-26-43)24-23-40(6)32(35(30)42)15-16-34-39(5)20-18-31(28-11-13-29(14-12-28)36(44)45)38(3,4)33(39)19-21-41(34,40)7/h11-14,18,30,32-35H,1,8-10,15-17,19-26H2,2-7H3,(H,44,45). The molecule has 1 saturated heterocycles. The minimum absolute atomic E-state index is 0.00983. The van der Waals surface area contributed by atoms with Gasteiger partial charge < -0.3 is 10.0 Å². The Labute approximate surface area is 278 Å². The molecule has 5 aliphatic carbocycles. The second-order valence-corrected chi connectivity index (χ2v) is 18.1. The lowest BCUT2D eigenvalue weighted by Gasteiger charge is -2.72. The lowest BCUT2D eigenvalue weighted by Crippen LogP contribution is -2.66. The van der Waals surface area contributed by atoms with Gasteiger partial charge in [-0.25, -0.2) is 4.79 Å². The van der Waals surface area contributed by atoms with E-state index >= 15 is 0 Å². The third-order valence-corrected chi connectivity index (χ3v) is 16.2. The highest BCUT2D eigenvalue weighted by molar-refractivity contribution is 5.88. The fourth-order valence-electron chi connectivity index (χ4n) is 13.8. The second kappa shape index (κ2) is 10.8. The highest BCUT2D eigenvalue weighted by Crippen LogP contribution is 2.78. The number of allylic oxidation sites excluding steroid dienone is 3. The van der Waals surface area contributed by atoms with E-state index in [1.165, 1.54) is 55.2 Å². The summed E-state index contributed by atoms with van der Waals surface area (Å²) < 4.78 is 0. The third-order valence-electron chi connectivity index (χ3n) is 16.2. The molecule has 4 nitrogen and oxygen atoms in total. The molecule has 5 fully saturated rings. The van der Waals surface area contributed by atoms with E-state index in [2.05, 4.69) is 59.1 Å². The molecule has 0 aromatic heterocycles. The number of nitrogens with zero attached hydrogens (tertiary/aromatic N) is 1. The molecule has 4 heteroatoms. The van der Waals surface area contributed by atoms with Crippen LogP contribution in [0.4, 0.5) is 0 Å². The summed E-state index contributed by atoms with van der Waals surface area (Å²) in [5.74, 6) is 2.36. The van der Waals surface area contributed by atoms with Crippen LogP contribution >= 0.6 is 0 Å². The monoisotopic (exact) mass is 625 g/mol. The van der Waals surface area contributed by atoms with Gasteiger partial charge >= 0.3 is 5.97 Å². The first-order valence-electron chi connectivity index (χ1n) is 18.7. The number of hydrogen-bond donors (Lipinski definition) is 1. The van der Waals surface area contributed by atoms with Gasteiger partial charge in [0.1, 0.15) is 0 Å².